The summed E-state index contributed by atoms with van der Waals surface area (Å²) >= 11 is 0. The van der Waals surface area contributed by atoms with Crippen molar-refractivity contribution in [2.45, 2.75) is 19.2 Å². The second-order valence-electron chi connectivity index (χ2n) is 4.57. The van der Waals surface area contributed by atoms with E-state index in [1.807, 2.05) is 30.3 Å². The molecule has 1 aliphatic heterocycles. The summed E-state index contributed by atoms with van der Waals surface area (Å²) in [5.74, 6) is -0.778. The van der Waals surface area contributed by atoms with Crippen molar-refractivity contribution in [2.24, 2.45) is 0 Å². The van der Waals surface area contributed by atoms with Crippen LogP contribution in [0.1, 0.15) is 12.0 Å². The van der Waals surface area contributed by atoms with Crippen molar-refractivity contribution in [2.75, 3.05) is 19.6 Å². The third-order valence-electron chi connectivity index (χ3n) is 3.04. The van der Waals surface area contributed by atoms with E-state index in [2.05, 4.69) is 0 Å². The number of ketones is 1. The van der Waals surface area contributed by atoms with E-state index in [0.717, 1.165) is 5.56 Å². The molecule has 0 spiro atoms. The lowest BCUT2D eigenvalue weighted by Gasteiger charge is -2.26. The van der Waals surface area contributed by atoms with Crippen LogP contribution in [-0.4, -0.2) is 42.5 Å². The van der Waals surface area contributed by atoms with E-state index in [1.165, 1.54) is 0 Å². The average Bonchev–Trinajstić information content (AvgIpc) is 2.42. The van der Waals surface area contributed by atoms with Gasteiger partial charge in [-0.05, 0) is 5.56 Å². The minimum Gasteiger partial charge on any atom is -0.460 e. The maximum Gasteiger partial charge on any atom is 0.320 e. The SMILES string of the molecule is O=C(CN1CCC(=O)C(F)C1)OCc1ccccc1. The monoisotopic (exact) mass is 265 g/mol. The Labute approximate surface area is 111 Å². The second-order valence-corrected chi connectivity index (χ2v) is 4.57. The molecule has 19 heavy (non-hydrogen) atoms. The van der Waals surface area contributed by atoms with Crippen LogP contribution in [0.15, 0.2) is 30.3 Å². The summed E-state index contributed by atoms with van der Waals surface area (Å²) in [6.45, 7) is 0.644. The van der Waals surface area contributed by atoms with E-state index < -0.39 is 12.1 Å². The Kier molecular flexibility index (Phi) is 4.63. The third kappa shape index (κ3) is 4.13. The Morgan fingerprint density at radius 2 is 2.11 bits per heavy atom. The highest BCUT2D eigenvalue weighted by molar-refractivity contribution is 5.84. The van der Waals surface area contributed by atoms with Crippen LogP contribution in [0.5, 0.6) is 0 Å². The van der Waals surface area contributed by atoms with Gasteiger partial charge in [-0.3, -0.25) is 14.5 Å². The normalized spacial score (nSPS) is 20.3. The fourth-order valence-electron chi connectivity index (χ4n) is 1.95. The van der Waals surface area contributed by atoms with Gasteiger partial charge in [0.15, 0.2) is 12.0 Å². The van der Waals surface area contributed by atoms with Crippen LogP contribution >= 0.6 is 0 Å². The molecule has 1 unspecified atom stereocenters. The molecule has 1 aliphatic rings. The standard InChI is InChI=1S/C14H16FNO3/c15-12-8-16(7-6-13(12)17)9-14(18)19-10-11-4-2-1-3-5-11/h1-5,12H,6-10H2. The quantitative estimate of drug-likeness (QED) is 0.771. The van der Waals surface area contributed by atoms with Crippen molar-refractivity contribution in [1.82, 2.24) is 4.90 Å². The number of alkyl halides is 1. The fraction of sp³-hybridized carbons (Fsp3) is 0.429. The molecule has 5 heteroatoms. The average molecular weight is 265 g/mol. The maximum atomic E-state index is 13.2. The zero-order valence-electron chi connectivity index (χ0n) is 10.5. The summed E-state index contributed by atoms with van der Waals surface area (Å²) < 4.78 is 18.3. The summed E-state index contributed by atoms with van der Waals surface area (Å²) in [6, 6.07) is 9.35. The summed E-state index contributed by atoms with van der Waals surface area (Å²) in [5.41, 5.74) is 0.910. The first kappa shape index (κ1) is 13.7. The number of carbonyl (C=O) groups is 2. The number of halogens is 1. The highest BCUT2D eigenvalue weighted by atomic mass is 19.1. The molecular weight excluding hydrogens is 249 g/mol. The first-order valence-corrected chi connectivity index (χ1v) is 6.24. The van der Waals surface area contributed by atoms with Crippen LogP contribution in [-0.2, 0) is 20.9 Å². The van der Waals surface area contributed by atoms with E-state index in [0.29, 0.717) is 6.54 Å². The molecule has 1 fully saturated rings. The Morgan fingerprint density at radius 1 is 1.37 bits per heavy atom. The smallest absolute Gasteiger partial charge is 0.320 e. The Morgan fingerprint density at radius 3 is 2.79 bits per heavy atom. The van der Waals surface area contributed by atoms with Crippen LogP contribution in [0.3, 0.4) is 0 Å². The van der Waals surface area contributed by atoms with Crippen molar-refractivity contribution in [1.29, 1.82) is 0 Å². The van der Waals surface area contributed by atoms with Crippen LogP contribution in [0.2, 0.25) is 0 Å². The molecule has 0 radical (unpaired) electrons. The molecule has 1 aromatic rings. The number of hydrogen-bond acceptors (Lipinski definition) is 4. The van der Waals surface area contributed by atoms with Gasteiger partial charge in [0.1, 0.15) is 6.61 Å². The molecule has 0 saturated carbocycles. The summed E-state index contributed by atoms with van der Waals surface area (Å²) in [7, 11) is 0. The number of hydrogen-bond donors (Lipinski definition) is 0. The van der Waals surface area contributed by atoms with Gasteiger partial charge >= 0.3 is 5.97 Å². The molecule has 2 rings (SSSR count). The lowest BCUT2D eigenvalue weighted by atomic mass is 10.1. The minimum atomic E-state index is -1.48. The first-order valence-electron chi connectivity index (χ1n) is 6.24. The van der Waals surface area contributed by atoms with Crippen molar-refractivity contribution < 1.29 is 18.7 Å². The van der Waals surface area contributed by atoms with Crippen LogP contribution in [0, 0.1) is 0 Å². The van der Waals surface area contributed by atoms with Crippen molar-refractivity contribution in [3.63, 3.8) is 0 Å². The zero-order valence-corrected chi connectivity index (χ0v) is 10.5. The van der Waals surface area contributed by atoms with Gasteiger partial charge in [0.05, 0.1) is 6.54 Å². The summed E-state index contributed by atoms with van der Waals surface area (Å²) in [6.07, 6.45) is -1.32. The number of likely N-dealkylation sites (tertiary alicyclic amines) is 1. The summed E-state index contributed by atoms with van der Waals surface area (Å²) in [5, 5.41) is 0. The summed E-state index contributed by atoms with van der Waals surface area (Å²) in [4.78, 5) is 24.2. The molecule has 4 nitrogen and oxygen atoms in total. The number of carbonyl (C=O) groups excluding carboxylic acids is 2. The van der Waals surface area contributed by atoms with Gasteiger partial charge in [0.25, 0.3) is 0 Å². The molecule has 1 atom stereocenters. The largest absolute Gasteiger partial charge is 0.460 e. The predicted octanol–water partition coefficient (Wildman–Crippen LogP) is 1.34. The van der Waals surface area contributed by atoms with Gasteiger partial charge in [-0.1, -0.05) is 30.3 Å². The predicted molar refractivity (Wildman–Crippen MR) is 67.2 cm³/mol. The van der Waals surface area contributed by atoms with Crippen molar-refractivity contribution in [3.05, 3.63) is 35.9 Å². The lowest BCUT2D eigenvalue weighted by molar-refractivity contribution is -0.147. The highest BCUT2D eigenvalue weighted by Gasteiger charge is 2.27. The molecular formula is C14H16FNO3. The molecule has 0 aromatic heterocycles. The molecule has 1 saturated heterocycles. The van der Waals surface area contributed by atoms with E-state index in [1.54, 1.807) is 4.90 Å². The molecule has 1 aromatic carbocycles. The van der Waals surface area contributed by atoms with Gasteiger partial charge in [-0.2, -0.15) is 0 Å². The Balaban J connectivity index is 1.74. The Bertz CT molecular complexity index is 449. The van der Waals surface area contributed by atoms with Gasteiger partial charge in [-0.15, -0.1) is 0 Å². The fourth-order valence-corrected chi connectivity index (χ4v) is 1.95. The van der Waals surface area contributed by atoms with E-state index in [-0.39, 0.29) is 31.9 Å². The lowest BCUT2D eigenvalue weighted by Crippen LogP contribution is -2.44. The van der Waals surface area contributed by atoms with Gasteiger partial charge in [-0.25, -0.2) is 4.39 Å². The number of ether oxygens (including phenoxy) is 1. The number of nitrogens with zero attached hydrogens (tertiary/aromatic N) is 1. The second kappa shape index (κ2) is 6.43. The van der Waals surface area contributed by atoms with Crippen LogP contribution < -0.4 is 0 Å². The maximum absolute atomic E-state index is 13.2. The van der Waals surface area contributed by atoms with Crippen LogP contribution in [0.25, 0.3) is 0 Å². The van der Waals surface area contributed by atoms with Gasteiger partial charge < -0.3 is 4.74 Å². The van der Waals surface area contributed by atoms with E-state index in [9.17, 15) is 14.0 Å². The number of piperidine rings is 1. The number of rotatable bonds is 4. The first-order chi connectivity index (χ1) is 9.15. The molecule has 0 bridgehead atoms. The topological polar surface area (TPSA) is 46.6 Å². The minimum absolute atomic E-state index is 0.0146. The van der Waals surface area contributed by atoms with Crippen molar-refractivity contribution in [3.8, 4) is 0 Å². The molecule has 0 amide bonds. The number of Topliss-reactive ketones (excluding diaryl/α,β-unsaturated/α-hetero) is 1. The van der Waals surface area contributed by atoms with Gasteiger partial charge in [0, 0.05) is 19.5 Å². The molecule has 1 heterocycles. The highest BCUT2D eigenvalue weighted by Crippen LogP contribution is 2.10. The van der Waals surface area contributed by atoms with Crippen molar-refractivity contribution >= 4 is 11.8 Å². The molecule has 0 N–H and O–H groups in total. The zero-order chi connectivity index (χ0) is 13.7. The Hall–Kier alpha value is -1.75. The van der Waals surface area contributed by atoms with Gasteiger partial charge in [0.2, 0.25) is 0 Å². The number of benzene rings is 1. The third-order valence-corrected chi connectivity index (χ3v) is 3.04. The van der Waals surface area contributed by atoms with E-state index in [4.69, 9.17) is 4.74 Å². The molecule has 102 valence electrons. The number of esters is 1. The van der Waals surface area contributed by atoms with Crippen LogP contribution in [0.4, 0.5) is 4.39 Å². The van der Waals surface area contributed by atoms with E-state index >= 15 is 0 Å². The molecule has 0 aliphatic carbocycles.